The first-order valence-corrected chi connectivity index (χ1v) is 7.39. The summed E-state index contributed by atoms with van der Waals surface area (Å²) in [5, 5.41) is 2.95. The van der Waals surface area contributed by atoms with E-state index in [0.717, 1.165) is 17.1 Å². The van der Waals surface area contributed by atoms with Crippen LogP contribution < -0.4 is 5.32 Å². The van der Waals surface area contributed by atoms with Crippen molar-refractivity contribution in [1.29, 1.82) is 0 Å². The number of amides is 1. The Morgan fingerprint density at radius 2 is 2.18 bits per heavy atom. The maximum absolute atomic E-state index is 12.4. The lowest BCUT2D eigenvalue weighted by atomic mass is 10.2. The fourth-order valence-corrected chi connectivity index (χ4v) is 2.52. The molecule has 5 heteroatoms. The Morgan fingerprint density at radius 3 is 2.82 bits per heavy atom. The molecule has 22 heavy (non-hydrogen) atoms. The third-order valence-electron chi connectivity index (χ3n) is 3.66. The predicted molar refractivity (Wildman–Crippen MR) is 86.0 cm³/mol. The van der Waals surface area contributed by atoms with Crippen molar-refractivity contribution < 1.29 is 9.53 Å². The van der Waals surface area contributed by atoms with E-state index in [0.29, 0.717) is 18.7 Å². The summed E-state index contributed by atoms with van der Waals surface area (Å²) in [6.07, 6.45) is 1.78. The molecule has 0 radical (unpaired) electrons. The van der Waals surface area contributed by atoms with Gasteiger partial charge in [0.25, 0.3) is 5.91 Å². The summed E-state index contributed by atoms with van der Waals surface area (Å²) in [5.74, 6) is -0.0649. The lowest BCUT2D eigenvalue weighted by Crippen LogP contribution is -2.35. The van der Waals surface area contributed by atoms with Crippen molar-refractivity contribution in [2.24, 2.45) is 0 Å². The highest BCUT2D eigenvalue weighted by atomic mass is 16.5. The van der Waals surface area contributed by atoms with E-state index in [1.807, 2.05) is 45.0 Å². The minimum Gasteiger partial charge on any atom is -0.383 e. The lowest BCUT2D eigenvalue weighted by molar-refractivity contribution is 0.0905. The van der Waals surface area contributed by atoms with Gasteiger partial charge in [-0.05, 0) is 39.0 Å². The fraction of sp³-hybridized carbons (Fsp3) is 0.412. The monoisotopic (exact) mass is 301 g/mol. The molecule has 0 fully saturated rings. The fourth-order valence-electron chi connectivity index (χ4n) is 2.52. The molecule has 2 heterocycles. The number of hydrogen-bond donors (Lipinski definition) is 1. The molecular formula is C17H23N3O2. The number of aromatic nitrogens is 2. The zero-order valence-electron chi connectivity index (χ0n) is 13.6. The van der Waals surface area contributed by atoms with Crippen LogP contribution in [0.15, 0.2) is 30.5 Å². The predicted octanol–water partition coefficient (Wildman–Crippen LogP) is 2.31. The summed E-state index contributed by atoms with van der Waals surface area (Å²) in [6, 6.07) is 7.76. The second kappa shape index (κ2) is 7.22. The van der Waals surface area contributed by atoms with Crippen molar-refractivity contribution in [1.82, 2.24) is 14.9 Å². The van der Waals surface area contributed by atoms with E-state index in [1.54, 1.807) is 13.3 Å². The second-order valence-electron chi connectivity index (χ2n) is 5.52. The van der Waals surface area contributed by atoms with Crippen molar-refractivity contribution in [3.05, 3.63) is 53.1 Å². The van der Waals surface area contributed by atoms with Crippen molar-refractivity contribution in [3.8, 4) is 0 Å². The van der Waals surface area contributed by atoms with Crippen LogP contribution >= 0.6 is 0 Å². The van der Waals surface area contributed by atoms with Crippen molar-refractivity contribution in [2.45, 2.75) is 33.4 Å². The van der Waals surface area contributed by atoms with Crippen LogP contribution in [0, 0.1) is 13.8 Å². The van der Waals surface area contributed by atoms with Crippen LogP contribution in [0.5, 0.6) is 0 Å². The molecule has 118 valence electrons. The number of nitrogens with one attached hydrogen (secondary N) is 1. The number of nitrogens with zero attached hydrogens (tertiary/aromatic N) is 2. The standard InChI is InChI=1S/C17H23N3O2/c1-12(11-22-4)19-17(21)16-9-13(2)20(14(16)3)10-15-7-5-6-8-18-15/h5-9,12H,10-11H2,1-4H3,(H,19,21). The van der Waals surface area contributed by atoms with E-state index < -0.39 is 0 Å². The van der Waals surface area contributed by atoms with Gasteiger partial charge in [0, 0.05) is 30.7 Å². The Hall–Kier alpha value is -2.14. The number of ether oxygens (including phenoxy) is 1. The summed E-state index contributed by atoms with van der Waals surface area (Å²) in [5.41, 5.74) is 3.68. The number of hydrogen-bond acceptors (Lipinski definition) is 3. The molecule has 2 aromatic heterocycles. The number of methoxy groups -OCH3 is 1. The lowest BCUT2D eigenvalue weighted by Gasteiger charge is -2.13. The average Bonchev–Trinajstić information content (AvgIpc) is 2.77. The van der Waals surface area contributed by atoms with Gasteiger partial charge in [-0.2, -0.15) is 0 Å². The number of rotatable bonds is 6. The molecule has 0 aliphatic heterocycles. The van der Waals surface area contributed by atoms with Crippen molar-refractivity contribution in [3.63, 3.8) is 0 Å². The highest BCUT2D eigenvalue weighted by Gasteiger charge is 2.17. The number of pyridine rings is 1. The first-order chi connectivity index (χ1) is 10.5. The minimum atomic E-state index is -0.0649. The smallest absolute Gasteiger partial charge is 0.253 e. The molecular weight excluding hydrogens is 278 g/mol. The van der Waals surface area contributed by atoms with Crippen LogP contribution in [-0.4, -0.2) is 35.2 Å². The van der Waals surface area contributed by atoms with E-state index in [-0.39, 0.29) is 11.9 Å². The van der Waals surface area contributed by atoms with Gasteiger partial charge in [-0.15, -0.1) is 0 Å². The minimum absolute atomic E-state index is 0.0173. The Kier molecular flexibility index (Phi) is 5.33. The molecule has 2 aromatic rings. The summed E-state index contributed by atoms with van der Waals surface area (Å²) in [4.78, 5) is 16.7. The Balaban J connectivity index is 2.18. The van der Waals surface area contributed by atoms with Gasteiger partial charge >= 0.3 is 0 Å². The molecule has 1 amide bonds. The highest BCUT2D eigenvalue weighted by molar-refractivity contribution is 5.95. The first kappa shape index (κ1) is 16.2. The van der Waals surface area contributed by atoms with Gasteiger partial charge in [-0.1, -0.05) is 6.07 Å². The van der Waals surface area contributed by atoms with Crippen LogP contribution in [0.3, 0.4) is 0 Å². The van der Waals surface area contributed by atoms with Gasteiger partial charge in [-0.25, -0.2) is 0 Å². The average molecular weight is 301 g/mol. The zero-order chi connectivity index (χ0) is 16.1. The topological polar surface area (TPSA) is 56.1 Å². The first-order valence-electron chi connectivity index (χ1n) is 7.39. The largest absolute Gasteiger partial charge is 0.383 e. The molecule has 0 spiro atoms. The summed E-state index contributed by atoms with van der Waals surface area (Å²) in [6.45, 7) is 7.06. The van der Waals surface area contributed by atoms with Gasteiger partial charge in [0.1, 0.15) is 0 Å². The third-order valence-corrected chi connectivity index (χ3v) is 3.66. The Bertz CT molecular complexity index is 635. The number of aryl methyl sites for hydroxylation is 1. The Labute approximate surface area is 131 Å². The van der Waals surface area contributed by atoms with Gasteiger partial charge < -0.3 is 14.6 Å². The Morgan fingerprint density at radius 1 is 1.41 bits per heavy atom. The molecule has 2 rings (SSSR count). The molecule has 0 aliphatic carbocycles. The molecule has 0 saturated heterocycles. The molecule has 0 saturated carbocycles. The molecule has 5 nitrogen and oxygen atoms in total. The molecule has 0 aliphatic rings. The number of carbonyl (C=O) groups excluding carboxylic acids is 1. The van der Waals surface area contributed by atoms with Gasteiger partial charge in [0.05, 0.1) is 24.4 Å². The van der Waals surface area contributed by atoms with E-state index in [2.05, 4.69) is 14.9 Å². The normalized spacial score (nSPS) is 12.2. The molecule has 1 N–H and O–H groups in total. The maximum atomic E-state index is 12.4. The van der Waals surface area contributed by atoms with Gasteiger partial charge in [0.15, 0.2) is 0 Å². The maximum Gasteiger partial charge on any atom is 0.253 e. The molecule has 1 atom stereocenters. The molecule has 1 unspecified atom stereocenters. The molecule has 0 bridgehead atoms. The number of carbonyl (C=O) groups is 1. The van der Waals surface area contributed by atoms with E-state index >= 15 is 0 Å². The van der Waals surface area contributed by atoms with E-state index in [4.69, 9.17) is 4.74 Å². The van der Waals surface area contributed by atoms with E-state index in [1.165, 1.54) is 0 Å². The second-order valence-corrected chi connectivity index (χ2v) is 5.52. The zero-order valence-corrected chi connectivity index (χ0v) is 13.6. The van der Waals surface area contributed by atoms with Gasteiger partial charge in [0.2, 0.25) is 0 Å². The van der Waals surface area contributed by atoms with Crippen molar-refractivity contribution in [2.75, 3.05) is 13.7 Å². The van der Waals surface area contributed by atoms with Crippen LogP contribution in [0.4, 0.5) is 0 Å². The van der Waals surface area contributed by atoms with Crippen LogP contribution in [0.25, 0.3) is 0 Å². The quantitative estimate of drug-likeness (QED) is 0.891. The van der Waals surface area contributed by atoms with Crippen LogP contribution in [0.2, 0.25) is 0 Å². The highest BCUT2D eigenvalue weighted by Crippen LogP contribution is 2.16. The molecule has 0 aromatic carbocycles. The summed E-state index contributed by atoms with van der Waals surface area (Å²) < 4.78 is 7.16. The third kappa shape index (κ3) is 3.74. The van der Waals surface area contributed by atoms with Crippen molar-refractivity contribution >= 4 is 5.91 Å². The van der Waals surface area contributed by atoms with Crippen LogP contribution in [-0.2, 0) is 11.3 Å². The van der Waals surface area contributed by atoms with Gasteiger partial charge in [-0.3, -0.25) is 9.78 Å². The van der Waals surface area contributed by atoms with E-state index in [9.17, 15) is 4.79 Å². The summed E-state index contributed by atoms with van der Waals surface area (Å²) in [7, 11) is 1.63. The summed E-state index contributed by atoms with van der Waals surface area (Å²) >= 11 is 0. The van der Waals surface area contributed by atoms with Crippen LogP contribution in [0.1, 0.15) is 34.4 Å². The SMILES string of the molecule is COCC(C)NC(=O)c1cc(C)n(Cc2ccccn2)c1C.